The molecule has 1 amide bonds. The van der Waals surface area contributed by atoms with E-state index in [4.69, 9.17) is 16.3 Å². The molecular formula is C19H23ClN2O2. The Morgan fingerprint density at radius 3 is 2.67 bits per heavy atom. The number of carbonyl (C=O) groups excluding carboxylic acids is 1. The molecule has 0 fully saturated rings. The number of likely N-dealkylation sites (N-methyl/N-ethyl adjacent to an activating group) is 1. The van der Waals surface area contributed by atoms with Gasteiger partial charge in [-0.05, 0) is 43.8 Å². The van der Waals surface area contributed by atoms with Crippen LogP contribution in [0.25, 0.3) is 0 Å². The van der Waals surface area contributed by atoms with Crippen LogP contribution in [0, 0.1) is 0 Å². The molecule has 1 N–H and O–H groups in total. The van der Waals surface area contributed by atoms with Crippen molar-refractivity contribution in [2.45, 2.75) is 13.0 Å². The summed E-state index contributed by atoms with van der Waals surface area (Å²) in [5.74, 6) is 0.779. The van der Waals surface area contributed by atoms with Crippen molar-refractivity contribution >= 4 is 17.5 Å². The van der Waals surface area contributed by atoms with Crippen molar-refractivity contribution in [2.24, 2.45) is 0 Å². The molecule has 0 aliphatic carbocycles. The van der Waals surface area contributed by atoms with Gasteiger partial charge in [-0.25, -0.2) is 0 Å². The smallest absolute Gasteiger partial charge is 0.234 e. The second-order valence-corrected chi connectivity index (χ2v) is 6.09. The number of nitrogens with one attached hydrogen (secondary N) is 1. The van der Waals surface area contributed by atoms with Crippen LogP contribution in [0.3, 0.4) is 0 Å². The molecule has 0 heterocycles. The molecule has 128 valence electrons. The molecule has 2 aromatic carbocycles. The standard InChI is InChI=1S/C19H23ClN2O2/c1-15(16-7-6-8-17(20)13-16)22(2)14-19(23)21-11-12-24-18-9-4-3-5-10-18/h3-10,13,15H,11-12,14H2,1-2H3,(H,21,23). The number of rotatable bonds is 8. The summed E-state index contributed by atoms with van der Waals surface area (Å²) in [4.78, 5) is 14.0. The van der Waals surface area contributed by atoms with Crippen LogP contribution < -0.4 is 10.1 Å². The Balaban J connectivity index is 1.71. The molecule has 0 spiro atoms. The first kappa shape index (κ1) is 18.3. The van der Waals surface area contributed by atoms with E-state index in [1.807, 2.05) is 66.5 Å². The minimum Gasteiger partial charge on any atom is -0.492 e. The van der Waals surface area contributed by atoms with Crippen LogP contribution >= 0.6 is 11.6 Å². The Labute approximate surface area is 148 Å². The molecule has 24 heavy (non-hydrogen) atoms. The van der Waals surface area contributed by atoms with E-state index >= 15 is 0 Å². The van der Waals surface area contributed by atoms with E-state index in [-0.39, 0.29) is 11.9 Å². The molecule has 0 aliphatic rings. The van der Waals surface area contributed by atoms with Gasteiger partial charge in [0.2, 0.25) is 5.91 Å². The first-order valence-electron chi connectivity index (χ1n) is 7.96. The Morgan fingerprint density at radius 1 is 1.21 bits per heavy atom. The maximum Gasteiger partial charge on any atom is 0.234 e. The zero-order chi connectivity index (χ0) is 17.4. The van der Waals surface area contributed by atoms with E-state index in [9.17, 15) is 4.79 Å². The predicted molar refractivity (Wildman–Crippen MR) is 97.4 cm³/mol. The highest BCUT2D eigenvalue weighted by molar-refractivity contribution is 6.30. The average Bonchev–Trinajstić information content (AvgIpc) is 2.59. The molecule has 2 rings (SSSR count). The summed E-state index contributed by atoms with van der Waals surface area (Å²) in [6.07, 6.45) is 0. The number of nitrogens with zero attached hydrogens (tertiary/aromatic N) is 1. The molecule has 0 saturated heterocycles. The maximum absolute atomic E-state index is 12.0. The van der Waals surface area contributed by atoms with Crippen LogP contribution in [0.5, 0.6) is 5.75 Å². The van der Waals surface area contributed by atoms with E-state index < -0.39 is 0 Å². The summed E-state index contributed by atoms with van der Waals surface area (Å²) in [5, 5.41) is 3.57. The Kier molecular flexibility index (Phi) is 7.09. The molecule has 4 nitrogen and oxygen atoms in total. The van der Waals surface area contributed by atoms with Gasteiger partial charge in [-0.15, -0.1) is 0 Å². The quantitative estimate of drug-likeness (QED) is 0.743. The van der Waals surface area contributed by atoms with Gasteiger partial charge in [-0.1, -0.05) is 41.9 Å². The summed E-state index contributed by atoms with van der Waals surface area (Å²) < 4.78 is 5.55. The second-order valence-electron chi connectivity index (χ2n) is 5.66. The number of hydrogen-bond acceptors (Lipinski definition) is 3. The number of benzene rings is 2. The Bertz CT molecular complexity index is 649. The average molecular weight is 347 g/mol. The van der Waals surface area contributed by atoms with Crippen molar-refractivity contribution in [1.82, 2.24) is 10.2 Å². The number of ether oxygens (including phenoxy) is 1. The number of hydrogen-bond donors (Lipinski definition) is 1. The van der Waals surface area contributed by atoms with Gasteiger partial charge >= 0.3 is 0 Å². The van der Waals surface area contributed by atoms with Crippen molar-refractivity contribution in [3.63, 3.8) is 0 Å². The maximum atomic E-state index is 12.0. The van der Waals surface area contributed by atoms with Crippen LogP contribution in [-0.2, 0) is 4.79 Å². The Hall–Kier alpha value is -2.04. The topological polar surface area (TPSA) is 41.6 Å². The summed E-state index contributed by atoms with van der Waals surface area (Å²) in [6, 6.07) is 17.4. The lowest BCUT2D eigenvalue weighted by Gasteiger charge is -2.24. The van der Waals surface area contributed by atoms with E-state index in [1.165, 1.54) is 0 Å². The fourth-order valence-corrected chi connectivity index (χ4v) is 2.52. The first-order chi connectivity index (χ1) is 11.6. The Morgan fingerprint density at radius 2 is 1.96 bits per heavy atom. The third kappa shape index (κ3) is 5.87. The van der Waals surface area contributed by atoms with Gasteiger partial charge in [0.05, 0.1) is 13.1 Å². The minimum atomic E-state index is -0.0250. The zero-order valence-corrected chi connectivity index (χ0v) is 14.8. The normalized spacial score (nSPS) is 12.0. The van der Waals surface area contributed by atoms with E-state index in [0.29, 0.717) is 24.7 Å². The molecule has 0 bridgehead atoms. The molecule has 1 atom stereocenters. The fraction of sp³-hybridized carbons (Fsp3) is 0.316. The summed E-state index contributed by atoms with van der Waals surface area (Å²) in [7, 11) is 1.92. The zero-order valence-electron chi connectivity index (χ0n) is 14.0. The number of halogens is 1. The van der Waals surface area contributed by atoms with Crippen molar-refractivity contribution in [3.8, 4) is 5.75 Å². The SMILES string of the molecule is CC(c1cccc(Cl)c1)N(C)CC(=O)NCCOc1ccccc1. The molecule has 0 radical (unpaired) electrons. The van der Waals surface area contributed by atoms with Crippen molar-refractivity contribution in [1.29, 1.82) is 0 Å². The van der Waals surface area contributed by atoms with Crippen molar-refractivity contribution in [2.75, 3.05) is 26.7 Å². The lowest BCUT2D eigenvalue weighted by atomic mass is 10.1. The fourth-order valence-electron chi connectivity index (χ4n) is 2.32. The molecule has 0 aromatic heterocycles. The third-order valence-electron chi connectivity index (χ3n) is 3.82. The van der Waals surface area contributed by atoms with Gasteiger partial charge in [0.15, 0.2) is 0 Å². The third-order valence-corrected chi connectivity index (χ3v) is 4.06. The number of carbonyl (C=O) groups is 1. The monoisotopic (exact) mass is 346 g/mol. The van der Waals surface area contributed by atoms with Gasteiger partial charge in [-0.2, -0.15) is 0 Å². The lowest BCUT2D eigenvalue weighted by molar-refractivity contribution is -0.122. The van der Waals surface area contributed by atoms with Gasteiger partial charge in [0, 0.05) is 11.1 Å². The minimum absolute atomic E-state index is 0.0250. The summed E-state index contributed by atoms with van der Waals surface area (Å²) in [5.41, 5.74) is 1.09. The van der Waals surface area contributed by atoms with Gasteiger partial charge in [0.1, 0.15) is 12.4 Å². The van der Waals surface area contributed by atoms with E-state index in [0.717, 1.165) is 11.3 Å². The van der Waals surface area contributed by atoms with Gasteiger partial charge in [0.25, 0.3) is 0 Å². The van der Waals surface area contributed by atoms with Crippen LogP contribution in [0.1, 0.15) is 18.5 Å². The van der Waals surface area contributed by atoms with E-state index in [1.54, 1.807) is 0 Å². The van der Waals surface area contributed by atoms with Crippen LogP contribution in [-0.4, -0.2) is 37.6 Å². The summed E-state index contributed by atoms with van der Waals surface area (Å²) >= 11 is 6.02. The summed E-state index contributed by atoms with van der Waals surface area (Å²) in [6.45, 7) is 3.30. The molecular weight excluding hydrogens is 324 g/mol. The molecule has 2 aromatic rings. The molecule has 0 aliphatic heterocycles. The van der Waals surface area contributed by atoms with Crippen LogP contribution in [0.4, 0.5) is 0 Å². The highest BCUT2D eigenvalue weighted by Gasteiger charge is 2.14. The molecule has 0 saturated carbocycles. The number of para-hydroxylation sites is 1. The van der Waals surface area contributed by atoms with Crippen LogP contribution in [0.15, 0.2) is 54.6 Å². The molecule has 1 unspecified atom stereocenters. The van der Waals surface area contributed by atoms with Crippen molar-refractivity contribution in [3.05, 3.63) is 65.2 Å². The highest BCUT2D eigenvalue weighted by Crippen LogP contribution is 2.21. The number of amides is 1. The van der Waals surface area contributed by atoms with Gasteiger partial charge < -0.3 is 10.1 Å². The lowest BCUT2D eigenvalue weighted by Crippen LogP contribution is -2.38. The first-order valence-corrected chi connectivity index (χ1v) is 8.34. The highest BCUT2D eigenvalue weighted by atomic mass is 35.5. The second kappa shape index (κ2) is 9.30. The van der Waals surface area contributed by atoms with Gasteiger partial charge in [-0.3, -0.25) is 9.69 Å². The predicted octanol–water partition coefficient (Wildman–Crippen LogP) is 3.53. The van der Waals surface area contributed by atoms with Crippen molar-refractivity contribution < 1.29 is 9.53 Å². The largest absolute Gasteiger partial charge is 0.492 e. The van der Waals surface area contributed by atoms with E-state index in [2.05, 4.69) is 12.2 Å². The van der Waals surface area contributed by atoms with Crippen LogP contribution in [0.2, 0.25) is 5.02 Å². The molecule has 5 heteroatoms.